The van der Waals surface area contributed by atoms with Crippen molar-refractivity contribution in [2.45, 2.75) is 102 Å². The first kappa shape index (κ1) is 39.7. The van der Waals surface area contributed by atoms with Gasteiger partial charge in [-0.3, -0.25) is 28.8 Å². The van der Waals surface area contributed by atoms with Crippen molar-refractivity contribution in [2.24, 2.45) is 35.5 Å². The molecule has 200 valence electrons. The van der Waals surface area contributed by atoms with E-state index in [9.17, 15) is 28.8 Å². The van der Waals surface area contributed by atoms with Crippen molar-refractivity contribution in [3.8, 4) is 0 Å². The van der Waals surface area contributed by atoms with Crippen molar-refractivity contribution in [1.29, 1.82) is 0 Å². The van der Waals surface area contributed by atoms with E-state index in [1.54, 1.807) is 0 Å². The maximum absolute atomic E-state index is 11.0. The van der Waals surface area contributed by atoms with E-state index in [-0.39, 0.29) is 107 Å². The van der Waals surface area contributed by atoms with Gasteiger partial charge < -0.3 is 0 Å². The number of Topliss-reactive ketones (excluding diaryl/α,β-unsaturated/α-hetero) is 6. The number of carbonyl (C=O) groups is 6. The van der Waals surface area contributed by atoms with Crippen molar-refractivity contribution in [2.75, 3.05) is 0 Å². The van der Waals surface area contributed by atoms with E-state index in [1.807, 2.05) is 83.1 Å². The molecule has 0 N–H and O–H groups in total. The first-order valence-corrected chi connectivity index (χ1v) is 12.0. The largest absolute Gasteiger partial charge is 0.299 e. The number of hydrogen-bond donors (Lipinski definition) is 0. The third-order valence-electron chi connectivity index (χ3n) is 4.91. The zero-order valence-electron chi connectivity index (χ0n) is 23.4. The van der Waals surface area contributed by atoms with Gasteiger partial charge in [-0.25, -0.2) is 0 Å². The van der Waals surface area contributed by atoms with Crippen LogP contribution in [0.15, 0.2) is 0 Å². The number of hydrogen-bond acceptors (Lipinski definition) is 6. The summed E-state index contributed by atoms with van der Waals surface area (Å²) in [5.74, 6) is 0.174. The molecule has 0 aliphatic rings. The minimum absolute atomic E-state index is 0. The summed E-state index contributed by atoms with van der Waals surface area (Å²) in [6.45, 7) is 21.8. The molecule has 0 atom stereocenters. The van der Waals surface area contributed by atoms with Crippen LogP contribution in [0.1, 0.15) is 102 Å². The predicted octanol–water partition coefficient (Wildman–Crippen LogP) is 5.48. The quantitative estimate of drug-likeness (QED) is 0.248. The second kappa shape index (κ2) is 20.9. The van der Waals surface area contributed by atoms with E-state index in [0.717, 1.165) is 0 Å². The Morgan fingerprint density at radius 2 is 0.412 bits per heavy atom. The van der Waals surface area contributed by atoms with Crippen LogP contribution >= 0.6 is 0 Å². The minimum atomic E-state index is -0.0160. The molecular weight excluding hydrogens is 476 g/mol. The Hall–Kier alpha value is -1.46. The Morgan fingerprint density at radius 3 is 0.471 bits per heavy atom. The molecule has 0 spiro atoms. The van der Waals surface area contributed by atoms with Crippen molar-refractivity contribution < 1.29 is 45.8 Å². The fourth-order valence-electron chi connectivity index (χ4n) is 1.74. The molecule has 0 heterocycles. The van der Waals surface area contributed by atoms with Gasteiger partial charge in [0.05, 0.1) is 19.3 Å². The molecule has 0 aromatic heterocycles. The molecule has 0 aromatic carbocycles. The second-order valence-corrected chi connectivity index (χ2v) is 10.3. The van der Waals surface area contributed by atoms with Crippen molar-refractivity contribution in [3.63, 3.8) is 0 Å². The topological polar surface area (TPSA) is 102 Å². The van der Waals surface area contributed by atoms with E-state index < -0.39 is 0 Å². The molecule has 0 aliphatic heterocycles. The SMILES string of the molecule is CC(C)C(=O)CC(=O)C(C)C.CC(C)C(=O)CC(=O)C(C)C.CC(C)C(=O)CC(=O)C(C)C.[Fe]. The van der Waals surface area contributed by atoms with Gasteiger partial charge in [0.2, 0.25) is 0 Å². The standard InChI is InChI=1S/3C9H16O2.Fe/c3*1-6(2)8(10)5-9(11)7(3)4;/h3*6-7H,5H2,1-4H3;. The number of carbonyl (C=O) groups excluding carboxylic acids is 6. The molecule has 0 amide bonds. The molecule has 0 unspecified atom stereocenters. The summed E-state index contributed by atoms with van der Waals surface area (Å²) in [4.78, 5) is 66.2. The molecule has 0 saturated carbocycles. The van der Waals surface area contributed by atoms with Crippen LogP contribution in [0, 0.1) is 35.5 Å². The first-order chi connectivity index (χ1) is 14.8. The summed E-state index contributed by atoms with van der Waals surface area (Å²) in [5.41, 5.74) is 0. The Labute approximate surface area is 218 Å². The van der Waals surface area contributed by atoms with E-state index in [2.05, 4.69) is 0 Å². The fourth-order valence-corrected chi connectivity index (χ4v) is 1.74. The molecule has 0 radical (unpaired) electrons. The van der Waals surface area contributed by atoms with Crippen LogP contribution in [0.25, 0.3) is 0 Å². The predicted molar refractivity (Wildman–Crippen MR) is 133 cm³/mol. The molecule has 0 saturated heterocycles. The van der Waals surface area contributed by atoms with Gasteiger partial charge in [0.15, 0.2) is 0 Å². The second-order valence-electron chi connectivity index (χ2n) is 10.3. The maximum atomic E-state index is 11.0. The van der Waals surface area contributed by atoms with Crippen molar-refractivity contribution in [1.82, 2.24) is 0 Å². The van der Waals surface area contributed by atoms with E-state index in [4.69, 9.17) is 0 Å². The van der Waals surface area contributed by atoms with Gasteiger partial charge in [-0.2, -0.15) is 0 Å². The average Bonchev–Trinajstić information content (AvgIpc) is 2.67. The molecule has 0 bridgehead atoms. The van der Waals surface area contributed by atoms with E-state index in [0.29, 0.717) is 0 Å². The Balaban J connectivity index is -0.000000196. The Bertz CT molecular complexity index is 514. The van der Waals surface area contributed by atoms with E-state index >= 15 is 0 Å². The zero-order chi connectivity index (χ0) is 27.0. The average molecular weight is 525 g/mol. The zero-order valence-corrected chi connectivity index (χ0v) is 24.5. The molecule has 34 heavy (non-hydrogen) atoms. The fraction of sp³-hybridized carbons (Fsp3) is 0.778. The van der Waals surface area contributed by atoms with Crippen molar-refractivity contribution in [3.05, 3.63) is 0 Å². The van der Waals surface area contributed by atoms with Crippen LogP contribution in [-0.4, -0.2) is 34.7 Å². The third kappa shape index (κ3) is 22.3. The first-order valence-electron chi connectivity index (χ1n) is 12.0. The van der Waals surface area contributed by atoms with Gasteiger partial charge in [-0.15, -0.1) is 0 Å². The number of rotatable bonds is 12. The van der Waals surface area contributed by atoms with Crippen LogP contribution in [0.2, 0.25) is 0 Å². The summed E-state index contributed by atoms with van der Waals surface area (Å²) in [6.07, 6.45) is 0.319. The van der Waals surface area contributed by atoms with Crippen LogP contribution < -0.4 is 0 Å². The summed E-state index contributed by atoms with van der Waals surface area (Å²) in [5, 5.41) is 0. The molecule has 0 rings (SSSR count). The summed E-state index contributed by atoms with van der Waals surface area (Å²) >= 11 is 0. The summed E-state index contributed by atoms with van der Waals surface area (Å²) in [6, 6.07) is 0. The van der Waals surface area contributed by atoms with Gasteiger partial charge in [0.25, 0.3) is 0 Å². The molecular formula is C27H48FeO6. The van der Waals surface area contributed by atoms with Gasteiger partial charge in [-0.05, 0) is 0 Å². The maximum Gasteiger partial charge on any atom is 0.142 e. The molecule has 0 fully saturated rings. The Morgan fingerprint density at radius 1 is 0.324 bits per heavy atom. The minimum Gasteiger partial charge on any atom is -0.299 e. The van der Waals surface area contributed by atoms with Gasteiger partial charge in [0.1, 0.15) is 34.7 Å². The van der Waals surface area contributed by atoms with Crippen LogP contribution in [-0.2, 0) is 45.8 Å². The molecule has 0 aromatic rings. The van der Waals surface area contributed by atoms with E-state index in [1.165, 1.54) is 0 Å². The van der Waals surface area contributed by atoms with Gasteiger partial charge in [-0.1, -0.05) is 83.1 Å². The number of ketones is 6. The normalized spacial score (nSPS) is 10.4. The van der Waals surface area contributed by atoms with Crippen LogP contribution in [0.3, 0.4) is 0 Å². The monoisotopic (exact) mass is 524 g/mol. The van der Waals surface area contributed by atoms with Gasteiger partial charge >= 0.3 is 0 Å². The van der Waals surface area contributed by atoms with Crippen LogP contribution in [0.4, 0.5) is 0 Å². The van der Waals surface area contributed by atoms with Gasteiger partial charge in [0, 0.05) is 52.6 Å². The van der Waals surface area contributed by atoms with Crippen LogP contribution in [0.5, 0.6) is 0 Å². The third-order valence-corrected chi connectivity index (χ3v) is 4.91. The summed E-state index contributed by atoms with van der Waals surface area (Å²) in [7, 11) is 0. The molecule has 0 aliphatic carbocycles. The Kier molecular flexibility index (Phi) is 24.4. The van der Waals surface area contributed by atoms with Crippen molar-refractivity contribution >= 4 is 34.7 Å². The smallest absolute Gasteiger partial charge is 0.142 e. The summed E-state index contributed by atoms with van der Waals surface area (Å²) < 4.78 is 0. The molecule has 6 nitrogen and oxygen atoms in total. The molecule has 7 heteroatoms.